The molecule has 1 N–H and O–H groups in total. The molecule has 0 aliphatic rings. The lowest BCUT2D eigenvalue weighted by Gasteiger charge is -2.16. The highest BCUT2D eigenvalue weighted by atomic mass is 127. The molecule has 1 atom stereocenters. The minimum absolute atomic E-state index is 0.451. The zero-order valence-electron chi connectivity index (χ0n) is 9.82. The molecule has 0 saturated heterocycles. The second-order valence-electron chi connectivity index (χ2n) is 4.01. The van der Waals surface area contributed by atoms with Gasteiger partial charge in [-0.15, -0.1) is 11.3 Å². The van der Waals surface area contributed by atoms with Crippen LogP contribution in [0.4, 0.5) is 0 Å². The van der Waals surface area contributed by atoms with Crippen LogP contribution >= 0.6 is 33.9 Å². The molecule has 3 heteroatoms. The Kier molecular flexibility index (Phi) is 5.00. The summed E-state index contributed by atoms with van der Waals surface area (Å²) in [6, 6.07) is 13.5. The van der Waals surface area contributed by atoms with Crippen molar-refractivity contribution in [3.8, 4) is 0 Å². The molecule has 1 aromatic heterocycles. The van der Waals surface area contributed by atoms with Crippen LogP contribution in [-0.4, -0.2) is 7.05 Å². The van der Waals surface area contributed by atoms with Gasteiger partial charge in [0.2, 0.25) is 0 Å². The van der Waals surface area contributed by atoms with Gasteiger partial charge in [0, 0.05) is 14.5 Å². The van der Waals surface area contributed by atoms with E-state index in [1.807, 2.05) is 18.4 Å². The van der Waals surface area contributed by atoms with Crippen LogP contribution in [0, 0.1) is 3.57 Å². The minimum atomic E-state index is 0.451. The van der Waals surface area contributed by atoms with Crippen LogP contribution in [0.15, 0.2) is 41.8 Å². The van der Waals surface area contributed by atoms with Crippen molar-refractivity contribution in [3.63, 3.8) is 0 Å². The lowest BCUT2D eigenvalue weighted by molar-refractivity contribution is 0.551. The number of halogens is 1. The number of aryl methyl sites for hydroxylation is 1. The molecule has 1 nitrogen and oxygen atoms in total. The molecule has 1 aromatic carbocycles. The maximum Gasteiger partial charge on any atom is 0.0321 e. The van der Waals surface area contributed by atoms with Gasteiger partial charge in [-0.25, -0.2) is 0 Å². The van der Waals surface area contributed by atoms with Crippen molar-refractivity contribution in [2.75, 3.05) is 7.05 Å². The van der Waals surface area contributed by atoms with Gasteiger partial charge in [0.25, 0.3) is 0 Å². The van der Waals surface area contributed by atoms with E-state index in [4.69, 9.17) is 0 Å². The van der Waals surface area contributed by atoms with Crippen molar-refractivity contribution in [2.45, 2.75) is 18.9 Å². The number of hydrogen-bond acceptors (Lipinski definition) is 2. The molecule has 0 fully saturated rings. The van der Waals surface area contributed by atoms with Crippen molar-refractivity contribution >= 4 is 33.9 Å². The van der Waals surface area contributed by atoms with Crippen molar-refractivity contribution in [1.82, 2.24) is 5.32 Å². The van der Waals surface area contributed by atoms with E-state index in [-0.39, 0.29) is 0 Å². The molecule has 2 aromatic rings. The number of hydrogen-bond donors (Lipinski definition) is 1. The van der Waals surface area contributed by atoms with Crippen LogP contribution in [0.2, 0.25) is 0 Å². The van der Waals surface area contributed by atoms with E-state index in [0.29, 0.717) is 6.04 Å². The normalized spacial score (nSPS) is 12.6. The fraction of sp³-hybridized carbons (Fsp3) is 0.286. The Morgan fingerprint density at radius 1 is 1.29 bits per heavy atom. The van der Waals surface area contributed by atoms with Gasteiger partial charge >= 0.3 is 0 Å². The molecule has 0 saturated carbocycles. The maximum atomic E-state index is 3.41. The predicted molar refractivity (Wildman–Crippen MR) is 83.6 cm³/mol. The van der Waals surface area contributed by atoms with E-state index >= 15 is 0 Å². The summed E-state index contributed by atoms with van der Waals surface area (Å²) in [6.07, 6.45) is 2.30. The van der Waals surface area contributed by atoms with Gasteiger partial charge in [0.1, 0.15) is 0 Å². The summed E-state index contributed by atoms with van der Waals surface area (Å²) >= 11 is 4.21. The topological polar surface area (TPSA) is 12.0 Å². The number of benzene rings is 1. The molecule has 0 aliphatic carbocycles. The van der Waals surface area contributed by atoms with Crippen molar-refractivity contribution in [3.05, 3.63) is 55.8 Å². The molecule has 90 valence electrons. The van der Waals surface area contributed by atoms with Crippen LogP contribution in [0.3, 0.4) is 0 Å². The highest BCUT2D eigenvalue weighted by molar-refractivity contribution is 14.1. The minimum Gasteiger partial charge on any atom is -0.313 e. The van der Waals surface area contributed by atoms with E-state index < -0.39 is 0 Å². The highest BCUT2D eigenvalue weighted by Crippen LogP contribution is 2.22. The lowest BCUT2D eigenvalue weighted by atomic mass is 10.0. The average Bonchev–Trinajstić information content (AvgIpc) is 2.83. The zero-order valence-corrected chi connectivity index (χ0v) is 12.8. The molecule has 0 bridgehead atoms. The maximum absolute atomic E-state index is 3.41. The van der Waals surface area contributed by atoms with Crippen molar-refractivity contribution in [2.24, 2.45) is 0 Å². The van der Waals surface area contributed by atoms with Crippen LogP contribution < -0.4 is 5.32 Å². The zero-order chi connectivity index (χ0) is 12.1. The van der Waals surface area contributed by atoms with E-state index in [0.717, 1.165) is 12.8 Å². The fourth-order valence-electron chi connectivity index (χ4n) is 1.94. The molecular weight excluding hydrogens is 341 g/mol. The summed E-state index contributed by atoms with van der Waals surface area (Å²) in [6.45, 7) is 0. The summed E-state index contributed by atoms with van der Waals surface area (Å²) in [5, 5.41) is 5.56. The largest absolute Gasteiger partial charge is 0.313 e. The average molecular weight is 357 g/mol. The van der Waals surface area contributed by atoms with E-state index in [2.05, 4.69) is 69.7 Å². The SMILES string of the molecule is CNC(CCc1cccs1)c1cccc(I)c1. The highest BCUT2D eigenvalue weighted by Gasteiger charge is 2.09. The Labute approximate surface area is 120 Å². The standard InChI is InChI=1S/C14H16INS/c1-16-14(8-7-13-6-3-9-17-13)11-4-2-5-12(15)10-11/h2-6,9-10,14,16H,7-8H2,1H3. The quantitative estimate of drug-likeness (QED) is 0.789. The summed E-state index contributed by atoms with van der Waals surface area (Å²) < 4.78 is 1.30. The van der Waals surface area contributed by atoms with Gasteiger partial charge in [0.15, 0.2) is 0 Å². The molecule has 0 spiro atoms. The number of rotatable bonds is 5. The van der Waals surface area contributed by atoms with Crippen LogP contribution in [0.5, 0.6) is 0 Å². The predicted octanol–water partition coefficient (Wildman–Crippen LogP) is 4.25. The number of nitrogens with one attached hydrogen (secondary N) is 1. The van der Waals surface area contributed by atoms with Gasteiger partial charge in [-0.05, 0) is 71.6 Å². The molecule has 1 heterocycles. The van der Waals surface area contributed by atoms with E-state index in [1.165, 1.54) is 14.0 Å². The third kappa shape index (κ3) is 3.79. The van der Waals surface area contributed by atoms with Gasteiger partial charge in [-0.2, -0.15) is 0 Å². The van der Waals surface area contributed by atoms with E-state index in [9.17, 15) is 0 Å². The van der Waals surface area contributed by atoms with Gasteiger partial charge in [0.05, 0.1) is 0 Å². The second-order valence-corrected chi connectivity index (χ2v) is 6.29. The summed E-state index contributed by atoms with van der Waals surface area (Å²) in [5.41, 5.74) is 1.39. The first kappa shape index (κ1) is 13.1. The van der Waals surface area contributed by atoms with Gasteiger partial charge in [-0.1, -0.05) is 18.2 Å². The molecule has 0 amide bonds. The Balaban J connectivity index is 2.01. The third-order valence-electron chi connectivity index (χ3n) is 2.86. The third-order valence-corrected chi connectivity index (χ3v) is 4.47. The smallest absolute Gasteiger partial charge is 0.0321 e. The van der Waals surface area contributed by atoms with Gasteiger partial charge < -0.3 is 5.32 Å². The van der Waals surface area contributed by atoms with Gasteiger partial charge in [-0.3, -0.25) is 0 Å². The lowest BCUT2D eigenvalue weighted by Crippen LogP contribution is -2.17. The molecular formula is C14H16INS. The molecule has 2 rings (SSSR count). The van der Waals surface area contributed by atoms with E-state index in [1.54, 1.807) is 0 Å². The van der Waals surface area contributed by atoms with Crippen LogP contribution in [0.1, 0.15) is 22.9 Å². The summed E-state index contributed by atoms with van der Waals surface area (Å²) in [5.74, 6) is 0. The first-order chi connectivity index (χ1) is 8.29. The Morgan fingerprint density at radius 3 is 2.82 bits per heavy atom. The summed E-state index contributed by atoms with van der Waals surface area (Å²) in [4.78, 5) is 1.47. The van der Waals surface area contributed by atoms with Crippen LogP contribution in [-0.2, 0) is 6.42 Å². The summed E-state index contributed by atoms with van der Waals surface area (Å²) in [7, 11) is 2.04. The Hall–Kier alpha value is -0.390. The molecule has 1 unspecified atom stereocenters. The van der Waals surface area contributed by atoms with Crippen molar-refractivity contribution < 1.29 is 0 Å². The first-order valence-electron chi connectivity index (χ1n) is 5.74. The second kappa shape index (κ2) is 6.52. The monoisotopic (exact) mass is 357 g/mol. The fourth-order valence-corrected chi connectivity index (χ4v) is 3.23. The first-order valence-corrected chi connectivity index (χ1v) is 7.70. The molecule has 0 radical (unpaired) electrons. The Morgan fingerprint density at radius 2 is 2.18 bits per heavy atom. The molecule has 17 heavy (non-hydrogen) atoms. The number of thiophene rings is 1. The Bertz CT molecular complexity index is 453. The van der Waals surface area contributed by atoms with Crippen LogP contribution in [0.25, 0.3) is 0 Å². The molecule has 0 aliphatic heterocycles. The van der Waals surface area contributed by atoms with Crippen molar-refractivity contribution in [1.29, 1.82) is 0 Å².